The molecule has 1 amide bonds. The van der Waals surface area contributed by atoms with Crippen LogP contribution in [0.5, 0.6) is 0 Å². The Balaban J connectivity index is 1.66. The Hall–Kier alpha value is -2.82. The third-order valence-electron chi connectivity index (χ3n) is 5.42. The molecule has 0 aromatic heterocycles. The molecule has 28 heavy (non-hydrogen) atoms. The summed E-state index contributed by atoms with van der Waals surface area (Å²) < 4.78 is 0. The molecule has 1 aliphatic heterocycles. The van der Waals surface area contributed by atoms with Gasteiger partial charge in [0, 0.05) is 25.2 Å². The van der Waals surface area contributed by atoms with E-state index in [1.165, 1.54) is 5.56 Å². The zero-order valence-electron chi connectivity index (χ0n) is 16.8. The highest BCUT2D eigenvalue weighted by Gasteiger charge is 2.28. The van der Waals surface area contributed by atoms with Gasteiger partial charge in [0.1, 0.15) is 0 Å². The van der Waals surface area contributed by atoms with Crippen molar-refractivity contribution in [3.63, 3.8) is 0 Å². The van der Waals surface area contributed by atoms with Crippen molar-refractivity contribution in [3.8, 4) is 0 Å². The fraction of sp³-hybridized carbons (Fsp3) is 0.391. The number of guanidine groups is 1. The van der Waals surface area contributed by atoms with Crippen LogP contribution in [-0.4, -0.2) is 36.4 Å². The standard InChI is InChI=1S/C23H30N4O/c1-3-25-23(26-15-18-9-11-20(12-10-18)22(24)28)27-14-13-21(17(2)16-27)19-7-5-4-6-8-19/h4-12,17,21H,3,13-16H2,1-2H3,(H2,24,28)(H,25,26). The predicted molar refractivity (Wildman–Crippen MR) is 114 cm³/mol. The van der Waals surface area contributed by atoms with Crippen LogP contribution in [0.15, 0.2) is 59.6 Å². The number of nitrogens with two attached hydrogens (primary N) is 1. The highest BCUT2D eigenvalue weighted by molar-refractivity contribution is 5.92. The second kappa shape index (κ2) is 9.40. The van der Waals surface area contributed by atoms with E-state index in [-0.39, 0.29) is 0 Å². The number of amides is 1. The maximum atomic E-state index is 11.2. The van der Waals surface area contributed by atoms with Crippen molar-refractivity contribution in [2.24, 2.45) is 16.6 Å². The van der Waals surface area contributed by atoms with Gasteiger partial charge < -0.3 is 16.0 Å². The van der Waals surface area contributed by atoms with Crippen LogP contribution < -0.4 is 11.1 Å². The van der Waals surface area contributed by atoms with E-state index in [0.29, 0.717) is 23.9 Å². The molecular weight excluding hydrogens is 348 g/mol. The van der Waals surface area contributed by atoms with Gasteiger partial charge in [-0.2, -0.15) is 0 Å². The molecular formula is C23H30N4O. The number of aliphatic imine (C=N–C) groups is 1. The molecule has 0 spiro atoms. The van der Waals surface area contributed by atoms with E-state index in [2.05, 4.69) is 54.4 Å². The monoisotopic (exact) mass is 378 g/mol. The first-order valence-electron chi connectivity index (χ1n) is 10.1. The molecule has 2 aromatic rings. The molecule has 1 fully saturated rings. The second-order valence-corrected chi connectivity index (χ2v) is 7.46. The maximum absolute atomic E-state index is 11.2. The summed E-state index contributed by atoms with van der Waals surface area (Å²) >= 11 is 0. The lowest BCUT2D eigenvalue weighted by atomic mass is 9.82. The van der Waals surface area contributed by atoms with Gasteiger partial charge in [-0.15, -0.1) is 0 Å². The minimum atomic E-state index is -0.404. The molecule has 5 heteroatoms. The molecule has 3 N–H and O–H groups in total. The van der Waals surface area contributed by atoms with Crippen molar-refractivity contribution in [2.45, 2.75) is 32.7 Å². The van der Waals surface area contributed by atoms with Crippen LogP contribution in [0, 0.1) is 5.92 Å². The van der Waals surface area contributed by atoms with Crippen molar-refractivity contribution >= 4 is 11.9 Å². The smallest absolute Gasteiger partial charge is 0.248 e. The predicted octanol–water partition coefficient (Wildman–Crippen LogP) is 3.38. The number of hydrogen-bond donors (Lipinski definition) is 2. The lowest BCUT2D eigenvalue weighted by Crippen LogP contribution is -2.48. The van der Waals surface area contributed by atoms with Crippen LogP contribution in [0.1, 0.15) is 47.7 Å². The van der Waals surface area contributed by atoms with Gasteiger partial charge in [-0.05, 0) is 48.4 Å². The zero-order chi connectivity index (χ0) is 19.9. The lowest BCUT2D eigenvalue weighted by Gasteiger charge is -2.39. The first kappa shape index (κ1) is 19.9. The van der Waals surface area contributed by atoms with E-state index < -0.39 is 5.91 Å². The van der Waals surface area contributed by atoms with E-state index in [1.54, 1.807) is 12.1 Å². The minimum absolute atomic E-state index is 0.404. The SMILES string of the molecule is CCNC(=NCc1ccc(C(N)=O)cc1)N1CCC(c2ccccc2)C(C)C1. The molecule has 0 bridgehead atoms. The topological polar surface area (TPSA) is 70.7 Å². The molecule has 1 heterocycles. The Morgan fingerprint density at radius 3 is 2.50 bits per heavy atom. The van der Waals surface area contributed by atoms with Gasteiger partial charge in [-0.1, -0.05) is 49.4 Å². The van der Waals surface area contributed by atoms with Crippen LogP contribution in [0.2, 0.25) is 0 Å². The number of nitrogens with one attached hydrogen (secondary N) is 1. The van der Waals surface area contributed by atoms with Crippen LogP contribution in [0.25, 0.3) is 0 Å². The average molecular weight is 379 g/mol. The average Bonchev–Trinajstić information content (AvgIpc) is 2.72. The number of hydrogen-bond acceptors (Lipinski definition) is 2. The Morgan fingerprint density at radius 2 is 1.89 bits per heavy atom. The molecule has 2 aromatic carbocycles. The zero-order valence-corrected chi connectivity index (χ0v) is 16.8. The summed E-state index contributed by atoms with van der Waals surface area (Å²) in [5.74, 6) is 1.72. The number of likely N-dealkylation sites (tertiary alicyclic amines) is 1. The van der Waals surface area contributed by atoms with Crippen molar-refractivity contribution in [1.29, 1.82) is 0 Å². The van der Waals surface area contributed by atoms with Gasteiger partial charge in [0.05, 0.1) is 6.54 Å². The summed E-state index contributed by atoms with van der Waals surface area (Å²) in [6, 6.07) is 18.2. The summed E-state index contributed by atoms with van der Waals surface area (Å²) in [6.07, 6.45) is 1.13. The number of benzene rings is 2. The third-order valence-corrected chi connectivity index (χ3v) is 5.42. The molecule has 0 aliphatic carbocycles. The second-order valence-electron chi connectivity index (χ2n) is 7.46. The van der Waals surface area contributed by atoms with Crippen LogP contribution in [0.3, 0.4) is 0 Å². The molecule has 1 aliphatic rings. The van der Waals surface area contributed by atoms with Crippen molar-refractivity contribution in [1.82, 2.24) is 10.2 Å². The third kappa shape index (κ3) is 4.91. The first-order valence-corrected chi connectivity index (χ1v) is 10.1. The highest BCUT2D eigenvalue weighted by atomic mass is 16.1. The van der Waals surface area contributed by atoms with E-state index in [9.17, 15) is 4.79 Å². The van der Waals surface area contributed by atoms with Crippen molar-refractivity contribution < 1.29 is 4.79 Å². The molecule has 2 atom stereocenters. The van der Waals surface area contributed by atoms with E-state index >= 15 is 0 Å². The molecule has 1 saturated heterocycles. The summed E-state index contributed by atoms with van der Waals surface area (Å²) in [7, 11) is 0. The fourth-order valence-electron chi connectivity index (χ4n) is 3.90. The Bertz CT molecular complexity index is 801. The summed E-state index contributed by atoms with van der Waals surface area (Å²) in [5.41, 5.74) is 8.33. The molecule has 148 valence electrons. The summed E-state index contributed by atoms with van der Waals surface area (Å²) in [4.78, 5) is 18.4. The van der Waals surface area contributed by atoms with Crippen LogP contribution >= 0.6 is 0 Å². The number of primary amides is 1. The van der Waals surface area contributed by atoms with E-state index in [1.807, 2.05) is 12.1 Å². The van der Waals surface area contributed by atoms with Gasteiger partial charge in [0.25, 0.3) is 0 Å². The molecule has 0 radical (unpaired) electrons. The number of carbonyl (C=O) groups is 1. The normalized spacial score (nSPS) is 20.1. The Morgan fingerprint density at radius 1 is 1.18 bits per heavy atom. The quantitative estimate of drug-likeness (QED) is 0.619. The van der Waals surface area contributed by atoms with Gasteiger partial charge in [0.2, 0.25) is 5.91 Å². The molecule has 5 nitrogen and oxygen atoms in total. The Labute approximate surface area is 167 Å². The number of rotatable bonds is 5. The lowest BCUT2D eigenvalue weighted by molar-refractivity contribution is 0.100. The summed E-state index contributed by atoms with van der Waals surface area (Å²) in [5, 5.41) is 3.43. The van der Waals surface area contributed by atoms with Gasteiger partial charge >= 0.3 is 0 Å². The van der Waals surface area contributed by atoms with Crippen molar-refractivity contribution in [2.75, 3.05) is 19.6 Å². The Kier molecular flexibility index (Phi) is 6.69. The fourth-order valence-corrected chi connectivity index (χ4v) is 3.90. The number of carbonyl (C=O) groups excluding carboxylic acids is 1. The van der Waals surface area contributed by atoms with Crippen LogP contribution in [-0.2, 0) is 6.54 Å². The highest BCUT2D eigenvalue weighted by Crippen LogP contribution is 2.32. The van der Waals surface area contributed by atoms with Gasteiger partial charge in [0.15, 0.2) is 5.96 Å². The summed E-state index contributed by atoms with van der Waals surface area (Å²) in [6.45, 7) is 7.83. The molecule has 2 unspecified atom stereocenters. The molecule has 0 saturated carbocycles. The number of piperidine rings is 1. The molecule has 3 rings (SSSR count). The van der Waals surface area contributed by atoms with E-state index in [0.717, 1.165) is 37.6 Å². The van der Waals surface area contributed by atoms with Gasteiger partial charge in [-0.25, -0.2) is 4.99 Å². The van der Waals surface area contributed by atoms with Gasteiger partial charge in [-0.3, -0.25) is 4.79 Å². The van der Waals surface area contributed by atoms with Crippen molar-refractivity contribution in [3.05, 3.63) is 71.3 Å². The largest absolute Gasteiger partial charge is 0.366 e. The minimum Gasteiger partial charge on any atom is -0.366 e. The van der Waals surface area contributed by atoms with E-state index in [4.69, 9.17) is 10.7 Å². The van der Waals surface area contributed by atoms with Crippen LogP contribution in [0.4, 0.5) is 0 Å². The first-order chi connectivity index (χ1) is 13.6. The maximum Gasteiger partial charge on any atom is 0.248 e. The number of nitrogens with zero attached hydrogens (tertiary/aromatic N) is 2.